The standard InChI is InChI=1S/C20H19F3N2O4/c1-2-25(19(27)13-4-3-5-14(10-13)20(21,22)23)12-18(26)24-15-6-7-16-17(11-15)29-9-8-28-16/h3-7,10-11H,2,8-9,12H2,1H3,(H,24,26). The summed E-state index contributed by atoms with van der Waals surface area (Å²) in [6.45, 7) is 2.34. The van der Waals surface area contributed by atoms with Gasteiger partial charge in [-0.25, -0.2) is 0 Å². The summed E-state index contributed by atoms with van der Waals surface area (Å²) in [7, 11) is 0. The summed E-state index contributed by atoms with van der Waals surface area (Å²) in [5.74, 6) is -0.0645. The topological polar surface area (TPSA) is 67.9 Å². The van der Waals surface area contributed by atoms with Crippen molar-refractivity contribution in [3.63, 3.8) is 0 Å². The van der Waals surface area contributed by atoms with Gasteiger partial charge in [-0.1, -0.05) is 6.07 Å². The van der Waals surface area contributed by atoms with E-state index in [-0.39, 0.29) is 18.7 Å². The Bertz CT molecular complexity index is 915. The van der Waals surface area contributed by atoms with Gasteiger partial charge in [0.25, 0.3) is 5.91 Å². The van der Waals surface area contributed by atoms with Crippen molar-refractivity contribution in [2.24, 2.45) is 0 Å². The number of alkyl halides is 3. The molecule has 29 heavy (non-hydrogen) atoms. The van der Waals surface area contributed by atoms with Crippen molar-refractivity contribution in [3.05, 3.63) is 53.6 Å². The third-order valence-electron chi connectivity index (χ3n) is 4.27. The van der Waals surface area contributed by atoms with E-state index in [2.05, 4.69) is 5.32 Å². The quantitative estimate of drug-likeness (QED) is 0.821. The lowest BCUT2D eigenvalue weighted by Crippen LogP contribution is -2.38. The molecule has 2 amide bonds. The first-order chi connectivity index (χ1) is 13.8. The van der Waals surface area contributed by atoms with Gasteiger partial charge < -0.3 is 19.7 Å². The summed E-state index contributed by atoms with van der Waals surface area (Å²) in [5.41, 5.74) is -0.587. The molecule has 3 rings (SSSR count). The number of ether oxygens (including phenoxy) is 2. The zero-order valence-electron chi connectivity index (χ0n) is 15.6. The normalized spacial score (nSPS) is 13.0. The first kappa shape index (κ1) is 20.5. The maximum absolute atomic E-state index is 12.9. The number of amides is 2. The second-order valence-electron chi connectivity index (χ2n) is 6.30. The number of benzene rings is 2. The van der Waals surface area contributed by atoms with Gasteiger partial charge in [-0.3, -0.25) is 9.59 Å². The molecule has 0 saturated heterocycles. The molecule has 0 atom stereocenters. The minimum absolute atomic E-state index is 0.131. The van der Waals surface area contributed by atoms with E-state index in [9.17, 15) is 22.8 Å². The molecule has 2 aromatic rings. The second-order valence-corrected chi connectivity index (χ2v) is 6.30. The molecule has 0 bridgehead atoms. The van der Waals surface area contributed by atoms with Crippen molar-refractivity contribution in [1.82, 2.24) is 4.90 Å². The molecule has 0 spiro atoms. The minimum Gasteiger partial charge on any atom is -0.486 e. The fourth-order valence-corrected chi connectivity index (χ4v) is 2.83. The number of carbonyl (C=O) groups excluding carboxylic acids is 2. The molecule has 0 radical (unpaired) electrons. The van der Waals surface area contributed by atoms with Gasteiger partial charge in [0, 0.05) is 23.9 Å². The molecule has 0 unspecified atom stereocenters. The van der Waals surface area contributed by atoms with Crippen LogP contribution in [0.15, 0.2) is 42.5 Å². The van der Waals surface area contributed by atoms with E-state index in [0.29, 0.717) is 30.4 Å². The average Bonchev–Trinajstić information content (AvgIpc) is 2.71. The fourth-order valence-electron chi connectivity index (χ4n) is 2.83. The molecule has 9 heteroatoms. The fraction of sp³-hybridized carbons (Fsp3) is 0.300. The molecule has 0 aliphatic carbocycles. The predicted molar refractivity (Wildman–Crippen MR) is 99.1 cm³/mol. The third kappa shape index (κ3) is 4.98. The Hall–Kier alpha value is -3.23. The summed E-state index contributed by atoms with van der Waals surface area (Å²) < 4.78 is 49.5. The number of anilines is 1. The van der Waals surface area contributed by atoms with Crippen LogP contribution >= 0.6 is 0 Å². The zero-order valence-corrected chi connectivity index (χ0v) is 15.6. The monoisotopic (exact) mass is 408 g/mol. The Morgan fingerprint density at radius 3 is 2.48 bits per heavy atom. The van der Waals surface area contributed by atoms with E-state index in [1.165, 1.54) is 17.0 Å². The maximum atomic E-state index is 12.9. The lowest BCUT2D eigenvalue weighted by molar-refractivity contribution is -0.137. The van der Waals surface area contributed by atoms with Crippen molar-refractivity contribution >= 4 is 17.5 Å². The van der Waals surface area contributed by atoms with Crippen LogP contribution in [0.25, 0.3) is 0 Å². The third-order valence-corrected chi connectivity index (χ3v) is 4.27. The first-order valence-corrected chi connectivity index (χ1v) is 8.94. The molecule has 0 fully saturated rings. The zero-order chi connectivity index (χ0) is 21.0. The van der Waals surface area contributed by atoms with Gasteiger partial charge in [0.2, 0.25) is 5.91 Å². The summed E-state index contributed by atoms with van der Waals surface area (Å²) in [4.78, 5) is 26.1. The van der Waals surface area contributed by atoms with Gasteiger partial charge in [0.05, 0.1) is 5.56 Å². The van der Waals surface area contributed by atoms with Gasteiger partial charge in [-0.05, 0) is 37.3 Å². The van der Waals surface area contributed by atoms with Crippen LogP contribution in [-0.4, -0.2) is 43.0 Å². The van der Waals surface area contributed by atoms with E-state index in [4.69, 9.17) is 9.47 Å². The van der Waals surface area contributed by atoms with Gasteiger partial charge in [-0.15, -0.1) is 0 Å². The molecular weight excluding hydrogens is 389 g/mol. The molecule has 1 N–H and O–H groups in total. The van der Waals surface area contributed by atoms with Gasteiger partial charge in [0.1, 0.15) is 19.8 Å². The highest BCUT2D eigenvalue weighted by Crippen LogP contribution is 2.32. The minimum atomic E-state index is -4.55. The van der Waals surface area contributed by atoms with E-state index >= 15 is 0 Å². The molecule has 1 heterocycles. The van der Waals surface area contributed by atoms with Crippen LogP contribution in [0.5, 0.6) is 11.5 Å². The van der Waals surface area contributed by atoms with Gasteiger partial charge in [-0.2, -0.15) is 13.2 Å². The molecule has 0 aromatic heterocycles. The summed E-state index contributed by atoms with van der Waals surface area (Å²) >= 11 is 0. The number of likely N-dealkylation sites (N-methyl/N-ethyl adjacent to an activating group) is 1. The van der Waals surface area contributed by atoms with Gasteiger partial charge in [0.15, 0.2) is 11.5 Å². The number of hydrogen-bond donors (Lipinski definition) is 1. The van der Waals surface area contributed by atoms with Crippen molar-refractivity contribution in [1.29, 1.82) is 0 Å². The molecule has 2 aromatic carbocycles. The molecule has 1 aliphatic rings. The van der Waals surface area contributed by atoms with Crippen molar-refractivity contribution in [2.75, 3.05) is 31.6 Å². The lowest BCUT2D eigenvalue weighted by Gasteiger charge is -2.22. The Kier molecular flexibility index (Phi) is 5.95. The highest BCUT2D eigenvalue weighted by atomic mass is 19.4. The van der Waals surface area contributed by atoms with E-state index in [0.717, 1.165) is 12.1 Å². The molecular formula is C20H19F3N2O4. The van der Waals surface area contributed by atoms with Crippen LogP contribution in [0.1, 0.15) is 22.8 Å². The van der Waals surface area contributed by atoms with E-state index in [1.54, 1.807) is 25.1 Å². The molecule has 6 nitrogen and oxygen atoms in total. The summed E-state index contributed by atoms with van der Waals surface area (Å²) in [6.07, 6.45) is -4.55. The van der Waals surface area contributed by atoms with Crippen LogP contribution in [0.4, 0.5) is 18.9 Å². The number of rotatable bonds is 5. The Morgan fingerprint density at radius 2 is 1.79 bits per heavy atom. The Morgan fingerprint density at radius 1 is 1.07 bits per heavy atom. The number of nitrogens with zero attached hydrogens (tertiary/aromatic N) is 1. The smallest absolute Gasteiger partial charge is 0.416 e. The van der Waals surface area contributed by atoms with Crippen molar-refractivity contribution < 1.29 is 32.2 Å². The SMILES string of the molecule is CCN(CC(=O)Nc1ccc2c(c1)OCCO2)C(=O)c1cccc(C(F)(F)F)c1. The van der Waals surface area contributed by atoms with Crippen molar-refractivity contribution in [3.8, 4) is 11.5 Å². The van der Waals surface area contributed by atoms with Crippen LogP contribution in [-0.2, 0) is 11.0 Å². The average molecular weight is 408 g/mol. The molecule has 0 saturated carbocycles. The van der Waals surface area contributed by atoms with Crippen molar-refractivity contribution in [2.45, 2.75) is 13.1 Å². The number of hydrogen-bond acceptors (Lipinski definition) is 4. The second kappa shape index (κ2) is 8.42. The van der Waals surface area contributed by atoms with Gasteiger partial charge >= 0.3 is 6.18 Å². The number of carbonyl (C=O) groups is 2. The molecule has 154 valence electrons. The predicted octanol–water partition coefficient (Wildman–Crippen LogP) is 3.58. The number of fused-ring (bicyclic) bond motifs is 1. The highest BCUT2D eigenvalue weighted by Gasteiger charge is 2.31. The number of halogens is 3. The first-order valence-electron chi connectivity index (χ1n) is 8.94. The maximum Gasteiger partial charge on any atom is 0.416 e. The summed E-state index contributed by atoms with van der Waals surface area (Å²) in [5, 5.41) is 2.65. The van der Waals surface area contributed by atoms with E-state index < -0.39 is 23.6 Å². The van der Waals surface area contributed by atoms with Crippen LogP contribution in [0.3, 0.4) is 0 Å². The van der Waals surface area contributed by atoms with Crippen LogP contribution in [0.2, 0.25) is 0 Å². The summed E-state index contributed by atoms with van der Waals surface area (Å²) in [6, 6.07) is 9.03. The largest absolute Gasteiger partial charge is 0.486 e. The Labute approximate surface area is 165 Å². The molecule has 1 aliphatic heterocycles. The lowest BCUT2D eigenvalue weighted by atomic mass is 10.1. The number of nitrogens with one attached hydrogen (secondary N) is 1. The highest BCUT2D eigenvalue weighted by molar-refractivity contribution is 5.99. The van der Waals surface area contributed by atoms with E-state index in [1.807, 2.05) is 0 Å². The van der Waals surface area contributed by atoms with Crippen LogP contribution < -0.4 is 14.8 Å². The Balaban J connectivity index is 1.67. The van der Waals surface area contributed by atoms with Crippen LogP contribution in [0, 0.1) is 0 Å².